The van der Waals surface area contributed by atoms with Gasteiger partial charge in [0.25, 0.3) is 0 Å². The third kappa shape index (κ3) is 2.96. The van der Waals surface area contributed by atoms with E-state index < -0.39 is 11.8 Å². The molecule has 0 N–H and O–H groups in total. The number of ketones is 2. The van der Waals surface area contributed by atoms with Crippen LogP contribution >= 0.6 is 46.4 Å². The molecule has 0 heterocycles. The minimum Gasteiger partial charge on any atom is -0.289 e. The topological polar surface area (TPSA) is 34.1 Å². The van der Waals surface area contributed by atoms with E-state index >= 15 is 0 Å². The van der Waals surface area contributed by atoms with Crippen molar-refractivity contribution < 1.29 is 9.59 Å². The Hall–Kier alpha value is -2.62. The highest BCUT2D eigenvalue weighted by Crippen LogP contribution is 2.56. The van der Waals surface area contributed by atoms with Crippen molar-refractivity contribution in [2.45, 2.75) is 11.8 Å². The molecule has 0 bridgehead atoms. The SMILES string of the molecule is O=C1c2cccc(Cl)c2C(C2c3c(Cl)cccc3C(=O)c3cccc(Cl)c32)c2c(Cl)cccc21. The lowest BCUT2D eigenvalue weighted by molar-refractivity contribution is 0.102. The molecule has 2 nitrogen and oxygen atoms in total. The molecule has 0 atom stereocenters. The predicted octanol–water partition coefficient (Wildman–Crippen LogP) is 8.35. The van der Waals surface area contributed by atoms with Gasteiger partial charge in [0.15, 0.2) is 11.6 Å². The number of carbonyl (C=O) groups is 2. The number of benzene rings is 4. The third-order valence-corrected chi connectivity index (χ3v) is 8.09. The molecule has 0 saturated carbocycles. The van der Waals surface area contributed by atoms with E-state index in [0.717, 1.165) is 0 Å². The first-order chi connectivity index (χ1) is 16.4. The van der Waals surface area contributed by atoms with Gasteiger partial charge in [-0.25, -0.2) is 0 Å². The van der Waals surface area contributed by atoms with E-state index in [9.17, 15) is 9.59 Å². The zero-order valence-corrected chi connectivity index (χ0v) is 20.4. The maximum atomic E-state index is 13.5. The molecule has 0 saturated heterocycles. The van der Waals surface area contributed by atoms with Crippen molar-refractivity contribution in [3.63, 3.8) is 0 Å². The summed E-state index contributed by atoms with van der Waals surface area (Å²) in [6.07, 6.45) is 0. The Bertz CT molecular complexity index is 1330. The van der Waals surface area contributed by atoms with Gasteiger partial charge in [-0.05, 0) is 46.5 Å². The van der Waals surface area contributed by atoms with E-state index in [1.54, 1.807) is 72.8 Å². The van der Waals surface area contributed by atoms with Gasteiger partial charge in [-0.15, -0.1) is 0 Å². The summed E-state index contributed by atoms with van der Waals surface area (Å²) in [7, 11) is 0. The fraction of sp³-hybridized carbons (Fsp3) is 0.0714. The summed E-state index contributed by atoms with van der Waals surface area (Å²) in [5.41, 5.74) is 4.66. The highest BCUT2D eigenvalue weighted by Gasteiger charge is 2.45. The lowest BCUT2D eigenvalue weighted by atomic mass is 9.64. The third-order valence-electron chi connectivity index (χ3n) is 6.77. The molecule has 0 radical (unpaired) electrons. The van der Waals surface area contributed by atoms with Crippen LogP contribution in [0, 0.1) is 0 Å². The number of rotatable bonds is 1. The quantitative estimate of drug-likeness (QED) is 0.251. The van der Waals surface area contributed by atoms with Crippen LogP contribution in [0.2, 0.25) is 20.1 Å². The average molecular weight is 524 g/mol. The van der Waals surface area contributed by atoms with Crippen molar-refractivity contribution in [2.75, 3.05) is 0 Å². The van der Waals surface area contributed by atoms with Crippen LogP contribution in [0.5, 0.6) is 0 Å². The van der Waals surface area contributed by atoms with Gasteiger partial charge in [0.05, 0.1) is 0 Å². The van der Waals surface area contributed by atoms with Gasteiger partial charge in [0.1, 0.15) is 0 Å². The summed E-state index contributed by atoms with van der Waals surface area (Å²) < 4.78 is 0. The summed E-state index contributed by atoms with van der Waals surface area (Å²) in [6, 6.07) is 21.2. The number of carbonyl (C=O) groups excluding carboxylic acids is 2. The first-order valence-electron chi connectivity index (χ1n) is 10.6. The smallest absolute Gasteiger partial charge is 0.193 e. The van der Waals surface area contributed by atoms with Gasteiger partial charge >= 0.3 is 0 Å². The molecule has 0 amide bonds. The van der Waals surface area contributed by atoms with E-state index in [0.29, 0.717) is 64.6 Å². The van der Waals surface area contributed by atoms with Crippen LogP contribution < -0.4 is 0 Å². The van der Waals surface area contributed by atoms with Gasteiger partial charge < -0.3 is 0 Å². The molecule has 4 aromatic carbocycles. The summed E-state index contributed by atoms with van der Waals surface area (Å²) in [5.74, 6) is -1.26. The standard InChI is InChI=1S/C28H14Cl4O2/c29-17-9-1-5-13-21(17)25(22-14(27(13)33)6-2-10-18(22)30)26-23-15(7-3-11-19(23)31)28(34)16-8-4-12-20(32)24(16)26/h1-12,25-26H. The summed E-state index contributed by atoms with van der Waals surface area (Å²) in [4.78, 5) is 27.0. The van der Waals surface area contributed by atoms with Gasteiger partial charge in [-0.1, -0.05) is 94.9 Å². The Morgan fingerprint density at radius 1 is 0.412 bits per heavy atom. The highest BCUT2D eigenvalue weighted by atomic mass is 35.5. The van der Waals surface area contributed by atoms with Crippen LogP contribution in [-0.2, 0) is 0 Å². The maximum Gasteiger partial charge on any atom is 0.193 e. The van der Waals surface area contributed by atoms with Crippen molar-refractivity contribution in [1.82, 2.24) is 0 Å². The molecule has 0 unspecified atom stereocenters. The molecule has 4 aromatic rings. The van der Waals surface area contributed by atoms with E-state index in [4.69, 9.17) is 46.4 Å². The Morgan fingerprint density at radius 2 is 0.647 bits per heavy atom. The Kier molecular flexibility index (Phi) is 5.13. The van der Waals surface area contributed by atoms with E-state index in [-0.39, 0.29) is 11.6 Å². The van der Waals surface area contributed by atoms with Crippen molar-refractivity contribution in [3.05, 3.63) is 137 Å². The Labute approximate surface area is 216 Å². The van der Waals surface area contributed by atoms with E-state index in [1.165, 1.54) is 0 Å². The van der Waals surface area contributed by atoms with Crippen LogP contribution in [0.15, 0.2) is 72.8 Å². The highest BCUT2D eigenvalue weighted by molar-refractivity contribution is 6.36. The zero-order chi connectivity index (χ0) is 23.7. The van der Waals surface area contributed by atoms with Crippen LogP contribution in [0.3, 0.4) is 0 Å². The van der Waals surface area contributed by atoms with E-state index in [2.05, 4.69) is 0 Å². The normalized spacial score (nSPS) is 14.9. The van der Waals surface area contributed by atoms with E-state index in [1.807, 2.05) is 0 Å². The maximum absolute atomic E-state index is 13.5. The second-order valence-corrected chi connectivity index (χ2v) is 10.0. The number of hydrogen-bond acceptors (Lipinski definition) is 2. The number of fused-ring (bicyclic) bond motifs is 4. The molecule has 34 heavy (non-hydrogen) atoms. The lowest BCUT2D eigenvalue weighted by Gasteiger charge is -2.39. The molecular weight excluding hydrogens is 510 g/mol. The average Bonchev–Trinajstić information content (AvgIpc) is 2.82. The summed E-state index contributed by atoms with van der Waals surface area (Å²) in [5, 5.41) is 1.78. The number of halogens is 4. The van der Waals surface area contributed by atoms with Gasteiger partial charge in [-0.2, -0.15) is 0 Å². The first kappa shape index (κ1) is 21.9. The summed E-state index contributed by atoms with van der Waals surface area (Å²) in [6.45, 7) is 0. The molecular formula is C28H14Cl4O2. The fourth-order valence-electron chi connectivity index (χ4n) is 5.45. The van der Waals surface area contributed by atoms with Crippen LogP contribution in [0.25, 0.3) is 0 Å². The molecule has 0 aliphatic heterocycles. The van der Waals surface area contributed by atoms with Gasteiger partial charge in [-0.3, -0.25) is 9.59 Å². The van der Waals surface area contributed by atoms with Crippen LogP contribution in [0.4, 0.5) is 0 Å². The number of hydrogen-bond donors (Lipinski definition) is 0. The molecule has 0 spiro atoms. The predicted molar refractivity (Wildman–Crippen MR) is 136 cm³/mol. The molecule has 166 valence electrons. The first-order valence-corrected chi connectivity index (χ1v) is 12.1. The summed E-state index contributed by atoms with van der Waals surface area (Å²) >= 11 is 27.1. The molecule has 0 fully saturated rings. The zero-order valence-electron chi connectivity index (χ0n) is 17.4. The van der Waals surface area contributed by atoms with Crippen molar-refractivity contribution in [2.24, 2.45) is 0 Å². The lowest BCUT2D eigenvalue weighted by Crippen LogP contribution is -2.30. The second kappa shape index (κ2) is 7.96. The van der Waals surface area contributed by atoms with Crippen molar-refractivity contribution >= 4 is 58.0 Å². The minimum atomic E-state index is -0.490. The van der Waals surface area contributed by atoms with Crippen molar-refractivity contribution in [3.8, 4) is 0 Å². The molecule has 2 aliphatic carbocycles. The Balaban J connectivity index is 1.79. The molecule has 6 heteroatoms. The molecule has 6 rings (SSSR count). The van der Waals surface area contributed by atoms with Gasteiger partial charge in [0, 0.05) is 54.2 Å². The Morgan fingerprint density at radius 3 is 0.882 bits per heavy atom. The molecule has 0 aromatic heterocycles. The fourth-order valence-corrected chi connectivity index (χ4v) is 6.62. The van der Waals surface area contributed by atoms with Crippen LogP contribution in [0.1, 0.15) is 65.9 Å². The molecule has 2 aliphatic rings. The monoisotopic (exact) mass is 522 g/mol. The largest absolute Gasteiger partial charge is 0.289 e. The van der Waals surface area contributed by atoms with Crippen LogP contribution in [-0.4, -0.2) is 11.6 Å². The van der Waals surface area contributed by atoms with Gasteiger partial charge in [0.2, 0.25) is 0 Å². The van der Waals surface area contributed by atoms with Crippen molar-refractivity contribution in [1.29, 1.82) is 0 Å². The minimum absolute atomic E-state index is 0.142. The second-order valence-electron chi connectivity index (χ2n) is 8.42.